The zero-order chi connectivity index (χ0) is 17.6. The number of hydrogen-bond donors (Lipinski definition) is 0. The van der Waals surface area contributed by atoms with Gasteiger partial charge in [0.1, 0.15) is 0 Å². The molecule has 4 heteroatoms. The van der Waals surface area contributed by atoms with Crippen molar-refractivity contribution in [3.05, 3.63) is 66.5 Å². The van der Waals surface area contributed by atoms with E-state index in [-0.39, 0.29) is 5.97 Å². The first-order valence-electron chi connectivity index (χ1n) is 8.45. The molecule has 3 rings (SSSR count). The number of rotatable bonds is 6. The maximum Gasteiger partial charge on any atom is 0.330 e. The monoisotopic (exact) mass is 334 g/mol. The third-order valence-electron chi connectivity index (χ3n) is 4.37. The third-order valence-corrected chi connectivity index (χ3v) is 4.37. The summed E-state index contributed by atoms with van der Waals surface area (Å²) in [7, 11) is 1.39. The number of para-hydroxylation sites is 1. The Bertz CT molecular complexity index is 895. The van der Waals surface area contributed by atoms with Gasteiger partial charge in [-0.3, -0.25) is 4.98 Å². The van der Waals surface area contributed by atoms with Crippen LogP contribution >= 0.6 is 0 Å². The number of aromatic nitrogens is 2. The number of carbonyl (C=O) groups excluding carboxylic acids is 1. The van der Waals surface area contributed by atoms with E-state index in [0.717, 1.165) is 24.9 Å². The van der Waals surface area contributed by atoms with Crippen molar-refractivity contribution in [1.29, 1.82) is 0 Å². The molecular weight excluding hydrogens is 312 g/mol. The Morgan fingerprint density at radius 2 is 2.08 bits per heavy atom. The van der Waals surface area contributed by atoms with Gasteiger partial charge in [-0.15, -0.1) is 0 Å². The maximum atomic E-state index is 11.1. The van der Waals surface area contributed by atoms with Crippen LogP contribution in [-0.4, -0.2) is 22.6 Å². The highest BCUT2D eigenvalue weighted by Gasteiger charge is 2.15. The molecule has 3 aromatic rings. The number of benzene rings is 1. The molecule has 0 saturated carbocycles. The molecule has 0 unspecified atom stereocenters. The first kappa shape index (κ1) is 17.0. The Morgan fingerprint density at radius 3 is 2.84 bits per heavy atom. The van der Waals surface area contributed by atoms with Crippen molar-refractivity contribution in [3.8, 4) is 11.3 Å². The van der Waals surface area contributed by atoms with Gasteiger partial charge in [-0.1, -0.05) is 24.3 Å². The summed E-state index contributed by atoms with van der Waals surface area (Å²) >= 11 is 0. The molecule has 4 nitrogen and oxygen atoms in total. The van der Waals surface area contributed by atoms with Crippen LogP contribution in [0.15, 0.2) is 60.9 Å². The van der Waals surface area contributed by atoms with E-state index < -0.39 is 0 Å². The fraction of sp³-hybridized carbons (Fsp3) is 0.238. The van der Waals surface area contributed by atoms with Gasteiger partial charge >= 0.3 is 5.97 Å². The van der Waals surface area contributed by atoms with Crippen molar-refractivity contribution in [2.45, 2.75) is 26.3 Å². The summed E-state index contributed by atoms with van der Waals surface area (Å²) in [5, 5.41) is 1.27. The summed E-state index contributed by atoms with van der Waals surface area (Å²) < 4.78 is 6.97. The van der Waals surface area contributed by atoms with Gasteiger partial charge in [0.25, 0.3) is 0 Å². The number of hydrogen-bond acceptors (Lipinski definition) is 3. The lowest BCUT2D eigenvalue weighted by Gasteiger charge is -2.11. The summed E-state index contributed by atoms with van der Waals surface area (Å²) in [6.07, 6.45) is 8.83. The second-order valence-electron chi connectivity index (χ2n) is 5.95. The molecule has 1 aromatic carbocycles. The number of carbonyl (C=O) groups is 1. The number of ether oxygens (including phenoxy) is 1. The highest BCUT2D eigenvalue weighted by atomic mass is 16.5. The van der Waals surface area contributed by atoms with Gasteiger partial charge in [0.05, 0.1) is 12.8 Å². The first-order chi connectivity index (χ1) is 12.2. The predicted octanol–water partition coefficient (Wildman–Crippen LogP) is 4.52. The highest BCUT2D eigenvalue weighted by molar-refractivity contribution is 5.91. The van der Waals surface area contributed by atoms with Crippen LogP contribution in [-0.2, 0) is 16.1 Å². The molecule has 2 aromatic heterocycles. The molecule has 25 heavy (non-hydrogen) atoms. The van der Waals surface area contributed by atoms with Crippen molar-refractivity contribution in [2.75, 3.05) is 7.11 Å². The lowest BCUT2D eigenvalue weighted by Crippen LogP contribution is -2.01. The van der Waals surface area contributed by atoms with Crippen LogP contribution in [0.4, 0.5) is 0 Å². The molecule has 0 atom stereocenters. The molecule has 0 amide bonds. The number of nitrogens with zero attached hydrogens (tertiary/aromatic N) is 2. The van der Waals surface area contributed by atoms with Crippen molar-refractivity contribution in [2.24, 2.45) is 0 Å². The van der Waals surface area contributed by atoms with Crippen LogP contribution in [0.5, 0.6) is 0 Å². The zero-order valence-corrected chi connectivity index (χ0v) is 14.6. The molecule has 0 radical (unpaired) electrons. The third kappa shape index (κ3) is 3.63. The van der Waals surface area contributed by atoms with E-state index in [1.54, 1.807) is 6.20 Å². The topological polar surface area (TPSA) is 44.1 Å². The summed E-state index contributed by atoms with van der Waals surface area (Å²) in [4.78, 5) is 15.4. The van der Waals surface area contributed by atoms with Crippen LogP contribution in [0, 0.1) is 6.92 Å². The van der Waals surface area contributed by atoms with Crippen molar-refractivity contribution < 1.29 is 9.53 Å². The summed E-state index contributed by atoms with van der Waals surface area (Å²) in [5.41, 5.74) is 4.84. The lowest BCUT2D eigenvalue weighted by molar-refractivity contribution is -0.134. The summed E-state index contributed by atoms with van der Waals surface area (Å²) in [5.74, 6) is -0.307. The quantitative estimate of drug-likeness (QED) is 0.378. The number of allylic oxidation sites excluding steroid dienone is 1. The van der Waals surface area contributed by atoms with Crippen LogP contribution in [0.2, 0.25) is 0 Å². The lowest BCUT2D eigenvalue weighted by atomic mass is 10.1. The van der Waals surface area contributed by atoms with Crippen LogP contribution in [0.3, 0.4) is 0 Å². The Balaban J connectivity index is 1.91. The van der Waals surface area contributed by atoms with E-state index in [9.17, 15) is 4.79 Å². The Kier molecular flexibility index (Phi) is 5.29. The fourth-order valence-electron chi connectivity index (χ4n) is 3.20. The minimum Gasteiger partial charge on any atom is -0.466 e. The molecule has 0 N–H and O–H groups in total. The molecule has 0 aliphatic carbocycles. The molecule has 0 aliphatic rings. The van der Waals surface area contributed by atoms with Gasteiger partial charge in [-0.05, 0) is 43.5 Å². The number of methoxy groups -OCH3 is 1. The molecule has 0 spiro atoms. The van der Waals surface area contributed by atoms with E-state index >= 15 is 0 Å². The predicted molar refractivity (Wildman–Crippen MR) is 100 cm³/mol. The second-order valence-corrected chi connectivity index (χ2v) is 5.95. The first-order valence-corrected chi connectivity index (χ1v) is 8.45. The minimum atomic E-state index is -0.307. The van der Waals surface area contributed by atoms with E-state index in [4.69, 9.17) is 0 Å². The van der Waals surface area contributed by atoms with Gasteiger partial charge in [-0.2, -0.15) is 0 Å². The normalized spacial score (nSPS) is 11.3. The number of unbranched alkanes of at least 4 members (excludes halogenated alkanes) is 1. The average Bonchev–Trinajstić information content (AvgIpc) is 2.94. The van der Waals surface area contributed by atoms with Gasteiger partial charge < -0.3 is 9.30 Å². The van der Waals surface area contributed by atoms with Gasteiger partial charge in [0, 0.05) is 41.5 Å². The Hall–Kier alpha value is -2.88. The standard InChI is InChI=1S/C21H22N2O2/c1-16-18-10-5-6-11-19(18)23(14-7-3-4-12-20(24)25-2)21(16)17-9-8-13-22-15-17/h4-6,8-13,15H,3,7,14H2,1-2H3/b12-4+. The van der Waals surface area contributed by atoms with Gasteiger partial charge in [0.2, 0.25) is 0 Å². The van der Waals surface area contributed by atoms with Crippen LogP contribution in [0.25, 0.3) is 22.2 Å². The zero-order valence-electron chi connectivity index (χ0n) is 14.6. The molecular formula is C21H22N2O2. The Morgan fingerprint density at radius 1 is 1.24 bits per heavy atom. The van der Waals surface area contributed by atoms with E-state index in [0.29, 0.717) is 0 Å². The van der Waals surface area contributed by atoms with Gasteiger partial charge in [0.15, 0.2) is 0 Å². The van der Waals surface area contributed by atoms with Crippen molar-refractivity contribution in [3.63, 3.8) is 0 Å². The molecule has 0 fully saturated rings. The molecule has 0 bridgehead atoms. The van der Waals surface area contributed by atoms with Crippen molar-refractivity contribution in [1.82, 2.24) is 9.55 Å². The largest absolute Gasteiger partial charge is 0.466 e. The van der Waals surface area contributed by atoms with E-state index in [1.807, 2.05) is 18.3 Å². The van der Waals surface area contributed by atoms with E-state index in [2.05, 4.69) is 51.5 Å². The molecule has 0 saturated heterocycles. The highest BCUT2D eigenvalue weighted by Crippen LogP contribution is 2.33. The Labute approximate surface area is 147 Å². The van der Waals surface area contributed by atoms with Gasteiger partial charge in [-0.25, -0.2) is 4.79 Å². The number of fused-ring (bicyclic) bond motifs is 1. The SMILES string of the molecule is COC(=O)/C=C/CCCn1c(-c2cccnc2)c(C)c2ccccc21. The van der Waals surface area contributed by atoms with Crippen molar-refractivity contribution >= 4 is 16.9 Å². The van der Waals surface area contributed by atoms with E-state index in [1.165, 1.54) is 35.3 Å². The average molecular weight is 334 g/mol. The number of aryl methyl sites for hydroxylation is 2. The smallest absolute Gasteiger partial charge is 0.330 e. The molecule has 128 valence electrons. The van der Waals surface area contributed by atoms with Crippen LogP contribution in [0.1, 0.15) is 18.4 Å². The molecule has 2 heterocycles. The summed E-state index contributed by atoms with van der Waals surface area (Å²) in [6.45, 7) is 3.04. The minimum absolute atomic E-state index is 0.307. The molecule has 0 aliphatic heterocycles. The summed E-state index contributed by atoms with van der Waals surface area (Å²) in [6, 6.07) is 12.5. The van der Waals surface area contributed by atoms with Crippen LogP contribution < -0.4 is 0 Å². The number of esters is 1. The fourth-order valence-corrected chi connectivity index (χ4v) is 3.20. The second kappa shape index (κ2) is 7.79. The maximum absolute atomic E-state index is 11.1. The number of pyridine rings is 1.